The third-order valence-corrected chi connectivity index (χ3v) is 3.16. The zero-order valence-electron chi connectivity index (χ0n) is 10.8. The number of halogens is 6. The minimum atomic E-state index is -5.12. The van der Waals surface area contributed by atoms with Gasteiger partial charge in [-0.3, -0.25) is 9.59 Å². The Morgan fingerprint density at radius 1 is 0.714 bits per heavy atom. The van der Waals surface area contributed by atoms with E-state index in [9.17, 15) is 35.9 Å². The molecule has 122 valence electrons. The van der Waals surface area contributed by atoms with Crippen molar-refractivity contribution in [1.82, 2.24) is 10.6 Å². The predicted octanol–water partition coefficient (Wildman–Crippen LogP) is 2.04. The number of hydrogen-bond donors (Lipinski definition) is 2. The Bertz CT molecular complexity index is 357. The van der Waals surface area contributed by atoms with Crippen LogP contribution < -0.4 is 10.6 Å². The Labute approximate surface area is 116 Å². The van der Waals surface area contributed by atoms with Gasteiger partial charge in [0, 0.05) is 12.1 Å². The highest BCUT2D eigenvalue weighted by Crippen LogP contribution is 2.22. The lowest BCUT2D eigenvalue weighted by Gasteiger charge is -2.27. The summed E-state index contributed by atoms with van der Waals surface area (Å²) in [6, 6.07) is -2.35. The fraction of sp³-hybridized carbons (Fsp3) is 0.818. The van der Waals surface area contributed by atoms with Gasteiger partial charge in [-0.15, -0.1) is 0 Å². The van der Waals surface area contributed by atoms with Crippen molar-refractivity contribution >= 4 is 11.8 Å². The second kappa shape index (κ2) is 6.52. The minimum absolute atomic E-state index is 0.0740. The molecule has 0 aliphatic heterocycles. The fourth-order valence-corrected chi connectivity index (χ4v) is 2.15. The van der Waals surface area contributed by atoms with Crippen LogP contribution in [0.2, 0.25) is 0 Å². The summed E-state index contributed by atoms with van der Waals surface area (Å²) in [5.74, 6) is -4.44. The summed E-state index contributed by atoms with van der Waals surface area (Å²) in [6.45, 7) is 0. The Morgan fingerprint density at radius 2 is 1.05 bits per heavy atom. The van der Waals surface area contributed by atoms with Crippen LogP contribution in [0, 0.1) is 0 Å². The molecule has 0 aromatic heterocycles. The molecule has 1 fully saturated rings. The summed E-state index contributed by atoms with van der Waals surface area (Å²) < 4.78 is 73.2. The molecule has 0 bridgehead atoms. The molecule has 2 amide bonds. The van der Waals surface area contributed by atoms with Crippen LogP contribution in [0.4, 0.5) is 26.3 Å². The monoisotopic (exact) mass is 320 g/mol. The van der Waals surface area contributed by atoms with E-state index in [0.717, 1.165) is 0 Å². The molecule has 1 aliphatic rings. The van der Waals surface area contributed by atoms with E-state index in [1.165, 1.54) is 0 Å². The van der Waals surface area contributed by atoms with E-state index < -0.39 is 36.3 Å². The summed E-state index contributed by atoms with van der Waals surface area (Å²) in [7, 11) is 0. The molecule has 2 atom stereocenters. The number of carbonyl (C=O) groups is 2. The first-order chi connectivity index (χ1) is 9.51. The molecule has 0 heterocycles. The van der Waals surface area contributed by atoms with Crippen molar-refractivity contribution in [3.63, 3.8) is 0 Å². The zero-order valence-corrected chi connectivity index (χ0v) is 10.8. The van der Waals surface area contributed by atoms with E-state index in [0.29, 0.717) is 19.3 Å². The van der Waals surface area contributed by atoms with Gasteiger partial charge >= 0.3 is 24.2 Å². The second-order valence-electron chi connectivity index (χ2n) is 4.79. The zero-order chi connectivity index (χ0) is 16.3. The van der Waals surface area contributed by atoms with Crippen LogP contribution in [-0.4, -0.2) is 36.3 Å². The first-order valence-corrected chi connectivity index (χ1v) is 6.27. The molecular formula is C11H14F6N2O2. The molecule has 21 heavy (non-hydrogen) atoms. The molecule has 2 N–H and O–H groups in total. The number of amides is 2. The normalized spacial score (nSPS) is 24.1. The summed E-state index contributed by atoms with van der Waals surface area (Å²) in [6.07, 6.45) is -8.57. The number of rotatable bonds is 2. The highest BCUT2D eigenvalue weighted by molar-refractivity contribution is 5.83. The van der Waals surface area contributed by atoms with Gasteiger partial charge in [0.2, 0.25) is 0 Å². The third-order valence-electron chi connectivity index (χ3n) is 3.16. The number of hydrogen-bond acceptors (Lipinski definition) is 2. The van der Waals surface area contributed by atoms with E-state index in [1.807, 2.05) is 0 Å². The Kier molecular flexibility index (Phi) is 5.46. The van der Waals surface area contributed by atoms with Crippen molar-refractivity contribution in [1.29, 1.82) is 0 Å². The molecule has 0 spiro atoms. The van der Waals surface area contributed by atoms with E-state index >= 15 is 0 Å². The van der Waals surface area contributed by atoms with Gasteiger partial charge in [0.1, 0.15) is 0 Å². The molecule has 4 nitrogen and oxygen atoms in total. The predicted molar refractivity (Wildman–Crippen MR) is 59.1 cm³/mol. The molecule has 0 saturated heterocycles. The number of carbonyl (C=O) groups excluding carboxylic acids is 2. The second-order valence-corrected chi connectivity index (χ2v) is 4.79. The smallest absolute Gasteiger partial charge is 0.343 e. The van der Waals surface area contributed by atoms with Crippen LogP contribution >= 0.6 is 0 Å². The van der Waals surface area contributed by atoms with Gasteiger partial charge in [-0.2, -0.15) is 26.3 Å². The highest BCUT2D eigenvalue weighted by Gasteiger charge is 2.43. The van der Waals surface area contributed by atoms with Gasteiger partial charge in [0.25, 0.3) is 0 Å². The quantitative estimate of drug-likeness (QED) is 0.604. The SMILES string of the molecule is O=C(N[C@H]1CCCCC[C@H]1NC(=O)C(F)(F)F)C(F)(F)F. The van der Waals surface area contributed by atoms with E-state index in [-0.39, 0.29) is 12.8 Å². The van der Waals surface area contributed by atoms with E-state index in [4.69, 9.17) is 0 Å². The summed E-state index contributed by atoms with van der Waals surface area (Å²) in [5.41, 5.74) is 0. The highest BCUT2D eigenvalue weighted by atomic mass is 19.4. The fourth-order valence-electron chi connectivity index (χ4n) is 2.15. The van der Waals surface area contributed by atoms with Crippen LogP contribution in [0.5, 0.6) is 0 Å². The molecule has 1 rings (SSSR count). The maximum Gasteiger partial charge on any atom is 0.471 e. The first kappa shape index (κ1) is 17.6. The van der Waals surface area contributed by atoms with Crippen LogP contribution in [-0.2, 0) is 9.59 Å². The summed E-state index contributed by atoms with van der Waals surface area (Å²) >= 11 is 0. The van der Waals surface area contributed by atoms with Gasteiger partial charge in [0.05, 0.1) is 0 Å². The summed E-state index contributed by atoms with van der Waals surface area (Å²) in [5, 5.41) is 3.32. The lowest BCUT2D eigenvalue weighted by atomic mass is 10.0. The standard InChI is InChI=1S/C11H14F6N2O2/c12-10(13,14)8(20)18-6-4-2-1-3-5-7(6)19-9(21)11(15,16)17/h6-7H,1-5H2,(H,18,20)(H,19,21)/t6-,7+. The van der Waals surface area contributed by atoms with Crippen molar-refractivity contribution in [2.75, 3.05) is 0 Å². The average Bonchev–Trinajstić information content (AvgIpc) is 2.53. The van der Waals surface area contributed by atoms with Crippen molar-refractivity contribution in [2.45, 2.75) is 56.5 Å². The lowest BCUT2D eigenvalue weighted by Crippen LogP contribution is -2.55. The molecule has 1 aliphatic carbocycles. The first-order valence-electron chi connectivity index (χ1n) is 6.27. The molecule has 1 saturated carbocycles. The summed E-state index contributed by atoms with van der Waals surface area (Å²) in [4.78, 5) is 21.8. The van der Waals surface area contributed by atoms with Gasteiger partial charge < -0.3 is 10.6 Å². The third kappa shape index (κ3) is 5.43. The van der Waals surface area contributed by atoms with Gasteiger partial charge in [-0.1, -0.05) is 19.3 Å². The van der Waals surface area contributed by atoms with Crippen LogP contribution in [0.1, 0.15) is 32.1 Å². The molecule has 0 radical (unpaired) electrons. The average molecular weight is 320 g/mol. The lowest BCUT2D eigenvalue weighted by molar-refractivity contribution is -0.176. The molecule has 0 aromatic rings. The maximum atomic E-state index is 12.2. The van der Waals surface area contributed by atoms with Gasteiger partial charge in [-0.25, -0.2) is 0 Å². The van der Waals surface area contributed by atoms with Crippen molar-refractivity contribution < 1.29 is 35.9 Å². The number of nitrogens with one attached hydrogen (secondary N) is 2. The molecule has 10 heteroatoms. The topological polar surface area (TPSA) is 58.2 Å². The van der Waals surface area contributed by atoms with Crippen molar-refractivity contribution in [2.24, 2.45) is 0 Å². The molecular weight excluding hydrogens is 306 g/mol. The van der Waals surface area contributed by atoms with Crippen LogP contribution in [0.3, 0.4) is 0 Å². The Morgan fingerprint density at radius 3 is 1.33 bits per heavy atom. The molecule has 0 aromatic carbocycles. The van der Waals surface area contributed by atoms with Gasteiger partial charge in [-0.05, 0) is 12.8 Å². The van der Waals surface area contributed by atoms with Crippen molar-refractivity contribution in [3.8, 4) is 0 Å². The van der Waals surface area contributed by atoms with Crippen molar-refractivity contribution in [3.05, 3.63) is 0 Å². The Hall–Kier alpha value is -1.48. The number of alkyl halides is 6. The molecule has 0 unspecified atom stereocenters. The van der Waals surface area contributed by atoms with E-state index in [1.54, 1.807) is 10.6 Å². The van der Waals surface area contributed by atoms with Crippen LogP contribution in [0.15, 0.2) is 0 Å². The van der Waals surface area contributed by atoms with Crippen LogP contribution in [0.25, 0.3) is 0 Å². The largest absolute Gasteiger partial charge is 0.471 e. The minimum Gasteiger partial charge on any atom is -0.343 e. The maximum absolute atomic E-state index is 12.2. The van der Waals surface area contributed by atoms with E-state index in [2.05, 4.69) is 0 Å². The van der Waals surface area contributed by atoms with Gasteiger partial charge in [0.15, 0.2) is 0 Å². The Balaban J connectivity index is 2.76.